The number of halogens is 6. The molecule has 1 fully saturated rings. The van der Waals surface area contributed by atoms with E-state index in [-0.39, 0.29) is 35.8 Å². The minimum Gasteiger partial charge on any atom is -0.334 e. The Hall–Kier alpha value is -3.42. The highest BCUT2D eigenvalue weighted by Gasteiger charge is 2.60. The number of hydrogen-bond donors (Lipinski definition) is 2. The van der Waals surface area contributed by atoms with Crippen LogP contribution in [0.2, 0.25) is 0 Å². The predicted molar refractivity (Wildman–Crippen MR) is 151 cm³/mol. The van der Waals surface area contributed by atoms with E-state index in [1.807, 2.05) is 6.07 Å². The lowest BCUT2D eigenvalue weighted by Gasteiger charge is -2.40. The molecular weight excluding hydrogens is 610 g/mol. The van der Waals surface area contributed by atoms with Gasteiger partial charge >= 0.3 is 12.4 Å². The lowest BCUT2D eigenvalue weighted by molar-refractivity contribution is -0.202. The average Bonchev–Trinajstić information content (AvgIpc) is 3.70. The molecule has 0 saturated heterocycles. The van der Waals surface area contributed by atoms with Crippen molar-refractivity contribution in [1.29, 1.82) is 0 Å². The van der Waals surface area contributed by atoms with E-state index in [9.17, 15) is 27.0 Å². The van der Waals surface area contributed by atoms with Crippen LogP contribution >= 0.6 is 0 Å². The number of benzene rings is 1. The third-order valence-electron chi connectivity index (χ3n) is 8.14. The highest BCUT2D eigenvalue weighted by atomic mass is 32.2. The Morgan fingerprint density at radius 1 is 1.09 bits per heavy atom. The second kappa shape index (κ2) is 12.5. The smallest absolute Gasteiger partial charge is 0.334 e. The molecule has 2 aromatic rings. The number of carbonyl (C=O) groups excluding carboxylic acids is 2. The summed E-state index contributed by atoms with van der Waals surface area (Å²) in [7, 11) is -1.77. The number of hydrogen-bond acceptors (Lipinski definition) is 4. The van der Waals surface area contributed by atoms with Gasteiger partial charge in [0.25, 0.3) is 11.8 Å². The summed E-state index contributed by atoms with van der Waals surface area (Å²) in [5, 5.41) is 5.82. The molecule has 2 atom stereocenters. The Bertz CT molecular complexity index is 1510. The molecule has 2 N–H and O–H groups in total. The van der Waals surface area contributed by atoms with Crippen LogP contribution in [0.5, 0.6) is 0 Å². The lowest BCUT2D eigenvalue weighted by Crippen LogP contribution is -2.59. The van der Waals surface area contributed by atoms with Crippen molar-refractivity contribution in [1.82, 2.24) is 19.8 Å². The van der Waals surface area contributed by atoms with Crippen LogP contribution in [-0.4, -0.2) is 43.4 Å². The molecule has 1 saturated carbocycles. The van der Waals surface area contributed by atoms with Gasteiger partial charge in [0, 0.05) is 31.1 Å². The SMILES string of the molecule is O=C(NS(=O)C1CC1)C1=C(c2ccc3c(c2)CCCC3)CC(c2cnn(CC/C=C/CCC(F)(F)F)c2)(C(F)(F)F)NC1=O. The molecule has 1 aliphatic heterocycles. The summed E-state index contributed by atoms with van der Waals surface area (Å²) in [5.41, 5.74) is -1.56. The van der Waals surface area contributed by atoms with Crippen molar-refractivity contribution in [2.24, 2.45) is 0 Å². The molecular formula is C30H32F6N4O3S. The Morgan fingerprint density at radius 2 is 1.80 bits per heavy atom. The van der Waals surface area contributed by atoms with Crippen LogP contribution in [0.25, 0.3) is 5.57 Å². The van der Waals surface area contributed by atoms with Gasteiger partial charge in [-0.15, -0.1) is 0 Å². The second-order valence-corrected chi connectivity index (χ2v) is 12.9. The molecule has 7 nitrogen and oxygen atoms in total. The third kappa shape index (κ3) is 7.10. The average molecular weight is 643 g/mol. The van der Waals surface area contributed by atoms with E-state index in [4.69, 9.17) is 0 Å². The molecule has 2 amide bonds. The van der Waals surface area contributed by atoms with Gasteiger partial charge in [0.1, 0.15) is 16.6 Å². The van der Waals surface area contributed by atoms with Gasteiger partial charge in [0.2, 0.25) is 0 Å². The summed E-state index contributed by atoms with van der Waals surface area (Å²) in [4.78, 5) is 26.8. The van der Waals surface area contributed by atoms with Crippen molar-refractivity contribution in [2.75, 3.05) is 0 Å². The molecule has 44 heavy (non-hydrogen) atoms. The zero-order valence-corrected chi connectivity index (χ0v) is 24.5. The van der Waals surface area contributed by atoms with Gasteiger partial charge in [0.15, 0.2) is 5.54 Å². The molecule has 5 rings (SSSR count). The maximum absolute atomic E-state index is 15.0. The highest BCUT2D eigenvalue weighted by molar-refractivity contribution is 7.84. The molecule has 2 unspecified atom stereocenters. The Labute approximate surface area is 252 Å². The van der Waals surface area contributed by atoms with E-state index in [1.165, 1.54) is 16.8 Å². The van der Waals surface area contributed by atoms with E-state index < -0.39 is 59.1 Å². The fourth-order valence-corrected chi connectivity index (χ4v) is 6.63. The topological polar surface area (TPSA) is 93.1 Å². The number of aryl methyl sites for hydroxylation is 3. The second-order valence-electron chi connectivity index (χ2n) is 11.4. The maximum Gasteiger partial charge on any atom is 0.416 e. The minimum absolute atomic E-state index is 0.0958. The summed E-state index contributed by atoms with van der Waals surface area (Å²) in [6, 6.07) is 5.18. The van der Waals surface area contributed by atoms with Crippen molar-refractivity contribution in [2.45, 2.75) is 93.9 Å². The van der Waals surface area contributed by atoms with Gasteiger partial charge in [-0.2, -0.15) is 31.4 Å². The van der Waals surface area contributed by atoms with Crippen molar-refractivity contribution < 1.29 is 40.1 Å². The molecule has 0 spiro atoms. The van der Waals surface area contributed by atoms with Crippen LogP contribution in [0.3, 0.4) is 0 Å². The number of aromatic nitrogens is 2. The van der Waals surface area contributed by atoms with E-state index in [0.29, 0.717) is 18.4 Å². The van der Waals surface area contributed by atoms with Gasteiger partial charge < -0.3 is 5.32 Å². The first-order valence-electron chi connectivity index (χ1n) is 14.5. The molecule has 0 bridgehead atoms. The highest BCUT2D eigenvalue weighted by Crippen LogP contribution is 2.48. The lowest BCUT2D eigenvalue weighted by atomic mass is 9.76. The van der Waals surface area contributed by atoms with E-state index in [2.05, 4.69) is 15.1 Å². The number of nitrogens with one attached hydrogen (secondary N) is 2. The van der Waals surface area contributed by atoms with Gasteiger partial charge in [-0.05, 0) is 73.6 Å². The quantitative estimate of drug-likeness (QED) is 0.197. The van der Waals surface area contributed by atoms with Crippen molar-refractivity contribution in [3.05, 3.63) is 70.6 Å². The first kappa shape index (κ1) is 32.0. The number of carbonyl (C=O) groups is 2. The molecule has 2 heterocycles. The van der Waals surface area contributed by atoms with E-state index >= 15 is 13.2 Å². The normalized spacial score (nSPS) is 21.7. The van der Waals surface area contributed by atoms with Gasteiger partial charge in [-0.25, -0.2) is 4.21 Å². The summed E-state index contributed by atoms with van der Waals surface area (Å²) in [6.45, 7) is 0.0958. The van der Waals surface area contributed by atoms with Crippen LogP contribution in [0, 0.1) is 0 Å². The Kier molecular flexibility index (Phi) is 9.11. The number of rotatable bonds is 10. The molecule has 2 aliphatic carbocycles. The first-order valence-corrected chi connectivity index (χ1v) is 15.7. The number of amides is 2. The van der Waals surface area contributed by atoms with Gasteiger partial charge in [0.05, 0.1) is 11.4 Å². The van der Waals surface area contributed by atoms with Crippen molar-refractivity contribution in [3.63, 3.8) is 0 Å². The van der Waals surface area contributed by atoms with Crippen LogP contribution in [0.4, 0.5) is 26.3 Å². The zero-order chi connectivity index (χ0) is 31.7. The maximum atomic E-state index is 15.0. The largest absolute Gasteiger partial charge is 0.416 e. The Balaban J connectivity index is 1.47. The molecule has 238 valence electrons. The molecule has 14 heteroatoms. The molecule has 0 radical (unpaired) electrons. The van der Waals surface area contributed by atoms with Crippen molar-refractivity contribution in [3.8, 4) is 0 Å². The number of nitrogens with zero attached hydrogens (tertiary/aromatic N) is 2. The fraction of sp³-hybridized carbons (Fsp3) is 0.500. The summed E-state index contributed by atoms with van der Waals surface area (Å²) in [5.74, 6) is -2.24. The van der Waals surface area contributed by atoms with E-state index in [0.717, 1.165) is 49.2 Å². The zero-order valence-electron chi connectivity index (χ0n) is 23.7. The summed E-state index contributed by atoms with van der Waals surface area (Å²) >= 11 is 0. The Morgan fingerprint density at radius 3 is 2.48 bits per heavy atom. The standard InChI is InChI=1S/C30H32F6N4O3S/c31-29(32,33)13-5-1-2-6-14-40-18-22(17-37-40)28(30(34,35)36)16-24(21-10-9-19-7-3-4-8-20(19)15-21)25(26(41)38-28)27(42)39-44(43)23-11-12-23/h1-2,9-10,15,17-18,23H,3-8,11-14,16H2,(H,38,41)(H,39,42)/b2-1+. The summed E-state index contributed by atoms with van der Waals surface area (Å²) in [6.07, 6.45) is -1.31. The molecule has 1 aromatic heterocycles. The van der Waals surface area contributed by atoms with Gasteiger partial charge in [-0.3, -0.25) is 19.0 Å². The fourth-order valence-electron chi connectivity index (χ4n) is 5.61. The van der Waals surface area contributed by atoms with Crippen LogP contribution in [0.1, 0.15) is 73.6 Å². The molecule has 1 aromatic carbocycles. The third-order valence-corrected chi connectivity index (χ3v) is 9.60. The van der Waals surface area contributed by atoms with Crippen LogP contribution in [-0.2, 0) is 45.5 Å². The van der Waals surface area contributed by atoms with E-state index in [1.54, 1.807) is 12.1 Å². The number of alkyl halides is 6. The van der Waals surface area contributed by atoms with Crippen LogP contribution in [0.15, 0.2) is 48.3 Å². The van der Waals surface area contributed by atoms with Crippen LogP contribution < -0.4 is 10.0 Å². The summed E-state index contributed by atoms with van der Waals surface area (Å²) < 4.78 is 98.1. The van der Waals surface area contributed by atoms with Crippen molar-refractivity contribution >= 4 is 28.4 Å². The predicted octanol–water partition coefficient (Wildman–Crippen LogP) is 5.72. The van der Waals surface area contributed by atoms with Gasteiger partial charge in [-0.1, -0.05) is 30.4 Å². The number of fused-ring (bicyclic) bond motifs is 1. The monoisotopic (exact) mass is 642 g/mol. The first-order chi connectivity index (χ1) is 20.8. The molecule has 3 aliphatic rings. The minimum atomic E-state index is -5.01. The number of allylic oxidation sites excluding steroid dienone is 2.